The fraction of sp³-hybridized carbons (Fsp3) is 0.400. The Hall–Kier alpha value is -1.88. The van der Waals surface area contributed by atoms with Gasteiger partial charge in [-0.1, -0.05) is 10.1 Å². The summed E-state index contributed by atoms with van der Waals surface area (Å²) in [6.45, 7) is 0.0484. The molecule has 1 aliphatic heterocycles. The van der Waals surface area contributed by atoms with Crippen LogP contribution in [-0.4, -0.2) is 17.3 Å². The molecule has 0 amide bonds. The summed E-state index contributed by atoms with van der Waals surface area (Å²) < 4.78 is 0. The van der Waals surface area contributed by atoms with Crippen LogP contribution >= 0.6 is 0 Å². The fourth-order valence-corrected chi connectivity index (χ4v) is 0.855. The maximum Gasteiger partial charge on any atom is 0.345 e. The van der Waals surface area contributed by atoms with Crippen molar-refractivity contribution in [2.24, 2.45) is 16.0 Å². The Morgan fingerprint density at radius 3 is 3.25 bits per heavy atom. The predicted octanol–water partition coefficient (Wildman–Crippen LogP) is 1.12. The molecule has 0 aromatic carbocycles. The molecule has 0 radical (unpaired) electrons. The summed E-state index contributed by atoms with van der Waals surface area (Å²) in [4.78, 5) is 15.7. The van der Waals surface area contributed by atoms with Crippen LogP contribution in [0.1, 0.15) is 0 Å². The topological polar surface area (TPSA) is 104 Å². The molecule has 0 aromatic heterocycles. The SMILES string of the molecule is [N-]=[N+]=NCC1C=CN=C1[N+](=O)[O-]. The summed E-state index contributed by atoms with van der Waals surface area (Å²) in [6.07, 6.45) is 2.88. The van der Waals surface area contributed by atoms with Crippen molar-refractivity contribution in [3.63, 3.8) is 0 Å². The molecule has 0 spiro atoms. The van der Waals surface area contributed by atoms with Crippen molar-refractivity contribution >= 4 is 5.84 Å². The number of aliphatic imine (C=N–C) groups is 1. The molecule has 1 heterocycles. The summed E-state index contributed by atoms with van der Waals surface area (Å²) >= 11 is 0. The van der Waals surface area contributed by atoms with E-state index in [1.165, 1.54) is 12.3 Å². The second-order valence-corrected chi connectivity index (χ2v) is 2.11. The predicted molar refractivity (Wildman–Crippen MR) is 41.1 cm³/mol. The van der Waals surface area contributed by atoms with E-state index in [2.05, 4.69) is 15.0 Å². The zero-order valence-electron chi connectivity index (χ0n) is 5.99. The molecule has 0 saturated carbocycles. The first-order valence-corrected chi connectivity index (χ1v) is 3.15. The van der Waals surface area contributed by atoms with Gasteiger partial charge in [0.15, 0.2) is 0 Å². The first-order chi connectivity index (χ1) is 5.75. The third-order valence-corrected chi connectivity index (χ3v) is 1.39. The van der Waals surface area contributed by atoms with Gasteiger partial charge < -0.3 is 10.1 Å². The Kier molecular flexibility index (Phi) is 2.39. The molecule has 0 saturated heterocycles. The summed E-state index contributed by atoms with van der Waals surface area (Å²) in [7, 11) is 0. The third kappa shape index (κ3) is 1.58. The smallest absolute Gasteiger partial charge is 0.345 e. The molecule has 0 fully saturated rings. The van der Waals surface area contributed by atoms with Gasteiger partial charge >= 0.3 is 5.84 Å². The summed E-state index contributed by atoms with van der Waals surface area (Å²) in [6, 6.07) is 0. The number of nitro groups is 1. The van der Waals surface area contributed by atoms with Gasteiger partial charge in [0, 0.05) is 11.5 Å². The largest absolute Gasteiger partial charge is 0.358 e. The van der Waals surface area contributed by atoms with E-state index in [-0.39, 0.29) is 12.4 Å². The van der Waals surface area contributed by atoms with Crippen molar-refractivity contribution in [3.8, 4) is 0 Å². The molecule has 0 aliphatic carbocycles. The molecular weight excluding hydrogens is 162 g/mol. The number of hydrogen-bond donors (Lipinski definition) is 0. The van der Waals surface area contributed by atoms with Crippen molar-refractivity contribution in [3.05, 3.63) is 32.8 Å². The Morgan fingerprint density at radius 1 is 1.92 bits per heavy atom. The molecule has 0 N–H and O–H groups in total. The van der Waals surface area contributed by atoms with Crippen LogP contribution in [0.2, 0.25) is 0 Å². The highest BCUT2D eigenvalue weighted by atomic mass is 16.6. The second-order valence-electron chi connectivity index (χ2n) is 2.11. The summed E-state index contributed by atoms with van der Waals surface area (Å²) in [5.41, 5.74) is 7.98. The van der Waals surface area contributed by atoms with Crippen LogP contribution in [0.25, 0.3) is 10.4 Å². The maximum atomic E-state index is 10.3. The lowest BCUT2D eigenvalue weighted by atomic mass is 10.1. The third-order valence-electron chi connectivity index (χ3n) is 1.39. The lowest BCUT2D eigenvalue weighted by Gasteiger charge is -2.00. The maximum absolute atomic E-state index is 10.3. The van der Waals surface area contributed by atoms with Crippen molar-refractivity contribution < 1.29 is 4.92 Å². The van der Waals surface area contributed by atoms with Gasteiger partial charge in [0.25, 0.3) is 0 Å². The molecule has 12 heavy (non-hydrogen) atoms. The number of nitrogens with zero attached hydrogens (tertiary/aromatic N) is 5. The van der Waals surface area contributed by atoms with Crippen LogP contribution in [0, 0.1) is 16.0 Å². The van der Waals surface area contributed by atoms with E-state index in [0.717, 1.165) is 0 Å². The highest BCUT2D eigenvalue weighted by Gasteiger charge is 2.26. The first-order valence-electron chi connectivity index (χ1n) is 3.15. The van der Waals surface area contributed by atoms with Crippen LogP contribution in [-0.2, 0) is 0 Å². The van der Waals surface area contributed by atoms with E-state index in [1.54, 1.807) is 0 Å². The van der Waals surface area contributed by atoms with Gasteiger partial charge in [0.1, 0.15) is 6.20 Å². The normalized spacial score (nSPS) is 20.0. The monoisotopic (exact) mass is 167 g/mol. The van der Waals surface area contributed by atoms with Crippen LogP contribution in [0.3, 0.4) is 0 Å². The summed E-state index contributed by atoms with van der Waals surface area (Å²) in [5.74, 6) is -0.640. The Bertz CT molecular complexity index is 301. The van der Waals surface area contributed by atoms with Crippen LogP contribution < -0.4 is 0 Å². The van der Waals surface area contributed by atoms with Crippen LogP contribution in [0.5, 0.6) is 0 Å². The van der Waals surface area contributed by atoms with E-state index in [0.29, 0.717) is 0 Å². The molecule has 1 aliphatic rings. The lowest BCUT2D eigenvalue weighted by Crippen LogP contribution is -2.20. The Morgan fingerprint density at radius 2 is 2.67 bits per heavy atom. The Balaban J connectivity index is 2.67. The van der Waals surface area contributed by atoms with Crippen LogP contribution in [0.4, 0.5) is 0 Å². The van der Waals surface area contributed by atoms with Crippen molar-refractivity contribution in [2.45, 2.75) is 0 Å². The first kappa shape index (κ1) is 8.22. The van der Waals surface area contributed by atoms with E-state index in [1.807, 2.05) is 0 Å². The van der Waals surface area contributed by atoms with Crippen molar-refractivity contribution in [1.82, 2.24) is 0 Å². The average Bonchev–Trinajstić information content (AvgIpc) is 2.48. The molecule has 1 rings (SSSR count). The van der Waals surface area contributed by atoms with Crippen molar-refractivity contribution in [1.29, 1.82) is 0 Å². The molecule has 0 aromatic rings. The minimum Gasteiger partial charge on any atom is -0.358 e. The molecule has 62 valence electrons. The molecule has 7 nitrogen and oxygen atoms in total. The van der Waals surface area contributed by atoms with Gasteiger partial charge in [0.2, 0.25) is 0 Å². The van der Waals surface area contributed by atoms with Gasteiger partial charge in [0.05, 0.1) is 5.92 Å². The molecular formula is C5H5N5O2. The van der Waals surface area contributed by atoms with Crippen molar-refractivity contribution in [2.75, 3.05) is 6.54 Å². The van der Waals surface area contributed by atoms with Gasteiger partial charge in [-0.05, 0) is 16.5 Å². The number of rotatable bonds is 2. The van der Waals surface area contributed by atoms with Crippen LogP contribution in [0.15, 0.2) is 22.4 Å². The highest BCUT2D eigenvalue weighted by Crippen LogP contribution is 2.11. The van der Waals surface area contributed by atoms with E-state index in [9.17, 15) is 10.1 Å². The number of hydrogen-bond acceptors (Lipinski definition) is 4. The lowest BCUT2D eigenvalue weighted by molar-refractivity contribution is -0.355. The van der Waals surface area contributed by atoms with E-state index >= 15 is 0 Å². The molecule has 7 heteroatoms. The minimum absolute atomic E-state index is 0.0484. The number of amidine groups is 1. The standard InChI is InChI=1S/C5H5N5O2/c6-9-8-3-4-1-2-7-5(4)10(11)12/h1-2,4H,3H2. The molecule has 1 unspecified atom stereocenters. The zero-order chi connectivity index (χ0) is 8.97. The minimum atomic E-state index is -0.572. The van der Waals surface area contributed by atoms with E-state index < -0.39 is 10.8 Å². The quantitative estimate of drug-likeness (QED) is 0.202. The highest BCUT2D eigenvalue weighted by molar-refractivity contribution is 5.81. The van der Waals surface area contributed by atoms with E-state index in [4.69, 9.17) is 5.53 Å². The zero-order valence-corrected chi connectivity index (χ0v) is 5.99. The van der Waals surface area contributed by atoms with Gasteiger partial charge in [-0.2, -0.15) is 0 Å². The van der Waals surface area contributed by atoms with Gasteiger partial charge in [-0.25, -0.2) is 0 Å². The Labute approximate surface area is 67.2 Å². The fourth-order valence-electron chi connectivity index (χ4n) is 0.855. The van der Waals surface area contributed by atoms with Gasteiger partial charge in [-0.3, -0.25) is 0 Å². The second kappa shape index (κ2) is 3.49. The molecule has 1 atom stereocenters. The summed E-state index contributed by atoms with van der Waals surface area (Å²) in [5, 5.41) is 13.5. The van der Waals surface area contributed by atoms with Gasteiger partial charge in [-0.15, -0.1) is 0 Å². The number of azide groups is 1. The average molecular weight is 167 g/mol. The molecule has 0 bridgehead atoms.